The van der Waals surface area contributed by atoms with Crippen LogP contribution in [-0.4, -0.2) is 54.3 Å². The van der Waals surface area contributed by atoms with Crippen LogP contribution in [0.1, 0.15) is 60.8 Å². The van der Waals surface area contributed by atoms with Crippen LogP contribution in [-0.2, 0) is 19.2 Å². The maximum Gasteiger partial charge on any atom is 0.497 e. The molecule has 1 saturated heterocycles. The third kappa shape index (κ3) is 8.75. The zero-order valence-electron chi connectivity index (χ0n) is 25.2. The highest BCUT2D eigenvalue weighted by Gasteiger charge is 2.50. The van der Waals surface area contributed by atoms with Gasteiger partial charge in [0.15, 0.2) is 6.54 Å². The van der Waals surface area contributed by atoms with E-state index in [4.69, 9.17) is 4.84 Å². The number of hydrogen-bond donors (Lipinski definition) is 2. The Morgan fingerprint density at radius 3 is 1.94 bits per heavy atom. The molecule has 0 aromatic heterocycles. The maximum atomic E-state index is 14.0. The molecule has 47 heavy (non-hydrogen) atoms. The number of amides is 2. The third-order valence-electron chi connectivity index (χ3n) is 8.86. The molecule has 3 aromatic rings. The number of alkyl halides is 3. The Morgan fingerprint density at radius 2 is 1.40 bits per heavy atom. The van der Waals surface area contributed by atoms with Crippen molar-refractivity contribution in [2.75, 3.05) is 19.6 Å². The first-order chi connectivity index (χ1) is 22.3. The highest BCUT2D eigenvalue weighted by atomic mass is 79.9. The molecule has 0 spiro atoms. The van der Waals surface area contributed by atoms with Crippen molar-refractivity contribution in [3.63, 3.8) is 0 Å². The molecule has 2 fully saturated rings. The van der Waals surface area contributed by atoms with Gasteiger partial charge in [-0.1, -0.05) is 52.3 Å². The van der Waals surface area contributed by atoms with Gasteiger partial charge in [-0.15, -0.1) is 4.65 Å². The number of benzene rings is 3. The summed E-state index contributed by atoms with van der Waals surface area (Å²) in [7, 11) is 0. The smallest absolute Gasteiger partial charge is 0.348 e. The van der Waals surface area contributed by atoms with Gasteiger partial charge >= 0.3 is 12.1 Å². The van der Waals surface area contributed by atoms with Crippen LogP contribution < -0.4 is 10.6 Å². The van der Waals surface area contributed by atoms with Crippen LogP contribution in [0.5, 0.6) is 0 Å². The molecule has 1 aliphatic carbocycles. The quantitative estimate of drug-likeness (QED) is 0.192. The molecular formula is C34H34BrF5N3O4+. The molecule has 7 nitrogen and oxygen atoms in total. The van der Waals surface area contributed by atoms with Crippen LogP contribution in [0.2, 0.25) is 0 Å². The van der Waals surface area contributed by atoms with Crippen molar-refractivity contribution >= 4 is 33.7 Å². The van der Waals surface area contributed by atoms with Gasteiger partial charge in [0, 0.05) is 29.3 Å². The van der Waals surface area contributed by atoms with Crippen molar-refractivity contribution in [1.29, 1.82) is 0 Å². The summed E-state index contributed by atoms with van der Waals surface area (Å²) in [4.78, 5) is 43.7. The minimum absolute atomic E-state index is 0.104. The Hall–Kier alpha value is -3.84. The van der Waals surface area contributed by atoms with Crippen molar-refractivity contribution < 1.29 is 45.8 Å². The molecule has 3 aromatic carbocycles. The molecule has 1 saturated carbocycles. The number of likely N-dealkylation sites (tertiary alicyclic amines) is 1. The number of carbonyl (C=O) groups is 3. The number of nitrogens with zero attached hydrogens (tertiary/aromatic N) is 1. The fourth-order valence-electron chi connectivity index (χ4n) is 6.57. The molecule has 2 aliphatic rings. The minimum atomic E-state index is -5.17. The molecule has 1 aliphatic heterocycles. The van der Waals surface area contributed by atoms with E-state index in [0.717, 1.165) is 10.0 Å². The van der Waals surface area contributed by atoms with Gasteiger partial charge in [-0.25, -0.2) is 13.6 Å². The van der Waals surface area contributed by atoms with E-state index in [1.807, 2.05) is 24.3 Å². The number of nitrogens with one attached hydrogen (secondary N) is 2. The third-order valence-corrected chi connectivity index (χ3v) is 9.39. The van der Waals surface area contributed by atoms with E-state index in [1.54, 1.807) is 24.3 Å². The zero-order valence-corrected chi connectivity index (χ0v) is 26.8. The minimum Gasteiger partial charge on any atom is -0.348 e. The van der Waals surface area contributed by atoms with E-state index in [9.17, 15) is 36.3 Å². The van der Waals surface area contributed by atoms with Gasteiger partial charge in [0.05, 0.1) is 6.04 Å². The van der Waals surface area contributed by atoms with E-state index in [2.05, 4.69) is 26.6 Å². The lowest BCUT2D eigenvalue weighted by atomic mass is 9.73. The molecular weight excluding hydrogens is 689 g/mol. The SMILES string of the molecule is O=C(C[N+]1(OC(=O)C(F)(F)F)CCCC1)N[C@@H]1CC[C@@H](C(=O)NC(c2ccc(F)cc2)c2ccc(F)cc2)[C@H](c2ccc(Br)cc2)C1. The normalized spacial score (nSPS) is 20.9. The summed E-state index contributed by atoms with van der Waals surface area (Å²) in [6.45, 7) is -0.234. The molecule has 5 rings (SSSR count). The summed E-state index contributed by atoms with van der Waals surface area (Å²) in [5, 5.41) is 6.00. The molecule has 0 unspecified atom stereocenters. The van der Waals surface area contributed by atoms with Gasteiger partial charge in [0.2, 0.25) is 5.91 Å². The number of quaternary nitrogens is 1. The second-order valence-electron chi connectivity index (χ2n) is 12.1. The Kier molecular flexibility index (Phi) is 10.6. The summed E-state index contributed by atoms with van der Waals surface area (Å²) in [5.41, 5.74) is 2.07. The number of hydroxylamine groups is 3. The Morgan fingerprint density at radius 1 is 0.851 bits per heavy atom. The second kappa shape index (κ2) is 14.5. The fraction of sp³-hybridized carbons (Fsp3) is 0.382. The summed E-state index contributed by atoms with van der Waals surface area (Å²) in [5.74, 6) is -4.90. The summed E-state index contributed by atoms with van der Waals surface area (Å²) >= 11 is 3.43. The largest absolute Gasteiger partial charge is 0.497 e. The standard InChI is InChI=1S/C34H33BrF5N3O4/c35-24-9-3-21(4-10-24)29-19-27(41-30(44)20-43(17-1-2-18-43)47-33(46)34(38,39)40)15-16-28(29)32(45)42-31(22-5-11-25(36)12-6-22)23-7-13-26(37)14-8-23/h3-14,27-29,31H,1-2,15-20H2,(H-,41,42,44,45)/p+1/t27-,28-,29+/m1/s1. The van der Waals surface area contributed by atoms with Gasteiger partial charge in [0.1, 0.15) is 24.7 Å². The van der Waals surface area contributed by atoms with Gasteiger partial charge in [-0.05, 0) is 78.3 Å². The van der Waals surface area contributed by atoms with Crippen LogP contribution in [0.4, 0.5) is 22.0 Å². The Balaban J connectivity index is 1.33. The number of rotatable bonds is 9. The molecule has 2 N–H and O–H groups in total. The predicted molar refractivity (Wildman–Crippen MR) is 165 cm³/mol. The number of halogens is 6. The van der Waals surface area contributed by atoms with Crippen LogP contribution >= 0.6 is 15.9 Å². The first-order valence-corrected chi connectivity index (χ1v) is 16.1. The van der Waals surface area contributed by atoms with E-state index in [1.165, 1.54) is 24.3 Å². The summed E-state index contributed by atoms with van der Waals surface area (Å²) < 4.78 is 66.5. The van der Waals surface area contributed by atoms with E-state index in [0.29, 0.717) is 43.2 Å². The zero-order chi connectivity index (χ0) is 33.8. The van der Waals surface area contributed by atoms with E-state index in [-0.39, 0.29) is 24.9 Å². The first kappa shape index (κ1) is 34.5. The van der Waals surface area contributed by atoms with Gasteiger partial charge in [-0.3, -0.25) is 14.4 Å². The van der Waals surface area contributed by atoms with Gasteiger partial charge in [0.25, 0.3) is 5.91 Å². The van der Waals surface area contributed by atoms with Crippen LogP contribution in [0.3, 0.4) is 0 Å². The lowest BCUT2D eigenvalue weighted by Gasteiger charge is -2.37. The average Bonchev–Trinajstić information content (AvgIpc) is 3.48. The molecule has 250 valence electrons. The van der Waals surface area contributed by atoms with Crippen LogP contribution in [0.25, 0.3) is 0 Å². The number of carbonyl (C=O) groups excluding carboxylic acids is 3. The monoisotopic (exact) mass is 722 g/mol. The summed E-state index contributed by atoms with van der Waals surface area (Å²) in [6.07, 6.45) is -2.99. The van der Waals surface area contributed by atoms with Gasteiger partial charge in [-0.2, -0.15) is 13.2 Å². The topological polar surface area (TPSA) is 84.5 Å². The van der Waals surface area contributed by atoms with Crippen LogP contribution in [0.15, 0.2) is 77.3 Å². The first-order valence-electron chi connectivity index (χ1n) is 15.3. The maximum absolute atomic E-state index is 14.0. The Labute approximate surface area is 277 Å². The molecule has 1 heterocycles. The highest BCUT2D eigenvalue weighted by Crippen LogP contribution is 2.39. The van der Waals surface area contributed by atoms with Gasteiger partial charge < -0.3 is 10.6 Å². The molecule has 0 radical (unpaired) electrons. The second-order valence-corrected chi connectivity index (χ2v) is 13.0. The lowest BCUT2D eigenvalue weighted by Crippen LogP contribution is -2.55. The molecule has 13 heteroatoms. The molecule has 0 bridgehead atoms. The fourth-order valence-corrected chi connectivity index (χ4v) is 6.83. The average molecular weight is 724 g/mol. The Bertz CT molecular complexity index is 1520. The molecule has 2 amide bonds. The predicted octanol–water partition coefficient (Wildman–Crippen LogP) is 6.63. The highest BCUT2D eigenvalue weighted by molar-refractivity contribution is 9.10. The van der Waals surface area contributed by atoms with Crippen molar-refractivity contribution in [2.24, 2.45) is 5.92 Å². The van der Waals surface area contributed by atoms with Crippen molar-refractivity contribution in [3.8, 4) is 0 Å². The van der Waals surface area contributed by atoms with Crippen molar-refractivity contribution in [2.45, 2.75) is 56.3 Å². The van der Waals surface area contributed by atoms with Crippen molar-refractivity contribution in [3.05, 3.63) is 106 Å². The number of hydrogen-bond acceptors (Lipinski definition) is 4. The van der Waals surface area contributed by atoms with Crippen LogP contribution in [0, 0.1) is 17.6 Å². The lowest BCUT2D eigenvalue weighted by molar-refractivity contribution is -1.08. The summed E-state index contributed by atoms with van der Waals surface area (Å²) in [6, 6.07) is 17.8. The molecule has 3 atom stereocenters. The van der Waals surface area contributed by atoms with E-state index < -0.39 is 58.9 Å². The van der Waals surface area contributed by atoms with E-state index >= 15 is 0 Å². The van der Waals surface area contributed by atoms with Crippen molar-refractivity contribution in [1.82, 2.24) is 10.6 Å².